The summed E-state index contributed by atoms with van der Waals surface area (Å²) in [6.45, 7) is 0.676. The zero-order valence-corrected chi connectivity index (χ0v) is 10.9. The van der Waals surface area contributed by atoms with Crippen LogP contribution in [-0.2, 0) is 4.79 Å². The predicted molar refractivity (Wildman–Crippen MR) is 69.1 cm³/mol. The Balaban J connectivity index is 1.88. The third kappa shape index (κ3) is 3.15. The predicted octanol–water partition coefficient (Wildman–Crippen LogP) is 1.95. The van der Waals surface area contributed by atoms with Crippen molar-refractivity contribution in [3.8, 4) is 0 Å². The second-order valence-corrected chi connectivity index (χ2v) is 5.41. The van der Waals surface area contributed by atoms with Crippen LogP contribution in [0.15, 0.2) is 0 Å². The van der Waals surface area contributed by atoms with Gasteiger partial charge >= 0.3 is 6.03 Å². The standard InChI is InChI=1S/C12H20N2O2S/c15-11(17)10-7-4-8-14(10)12(16)13-9-5-2-1-3-6-9/h9-10H,1-8H2,(H,13,16)(H,15,17). The lowest BCUT2D eigenvalue weighted by atomic mass is 9.96. The molecule has 1 N–H and O–H groups in total. The highest BCUT2D eigenvalue weighted by Crippen LogP contribution is 2.21. The van der Waals surface area contributed by atoms with Crippen LogP contribution < -0.4 is 5.32 Å². The zero-order valence-electron chi connectivity index (χ0n) is 10.0. The molecule has 2 rings (SSSR count). The topological polar surface area (TPSA) is 49.4 Å². The first-order valence-corrected chi connectivity index (χ1v) is 6.93. The normalized spacial score (nSPS) is 25.9. The minimum atomic E-state index is -0.318. The first-order valence-electron chi connectivity index (χ1n) is 6.48. The third-order valence-corrected chi connectivity index (χ3v) is 4.03. The Kier molecular flexibility index (Phi) is 4.31. The molecule has 0 aromatic carbocycles. The molecule has 1 aliphatic carbocycles. The highest BCUT2D eigenvalue weighted by atomic mass is 32.1. The molecule has 0 bridgehead atoms. The minimum Gasteiger partial charge on any atom is -0.335 e. The molecular formula is C12H20N2O2S. The van der Waals surface area contributed by atoms with Crippen LogP contribution in [0.25, 0.3) is 0 Å². The number of hydrogen-bond donors (Lipinski definition) is 2. The van der Waals surface area contributed by atoms with E-state index in [-0.39, 0.29) is 17.2 Å². The van der Waals surface area contributed by atoms with Crippen molar-refractivity contribution in [2.75, 3.05) is 6.54 Å². The molecule has 1 atom stereocenters. The molecule has 0 aromatic rings. The summed E-state index contributed by atoms with van der Waals surface area (Å²) < 4.78 is 0. The molecule has 4 nitrogen and oxygen atoms in total. The maximum atomic E-state index is 12.1. The van der Waals surface area contributed by atoms with Gasteiger partial charge in [-0.3, -0.25) is 4.79 Å². The molecule has 0 aromatic heterocycles. The molecule has 1 saturated carbocycles. The maximum Gasteiger partial charge on any atom is 0.318 e. The van der Waals surface area contributed by atoms with E-state index < -0.39 is 0 Å². The van der Waals surface area contributed by atoms with Gasteiger partial charge in [-0.25, -0.2) is 4.79 Å². The van der Waals surface area contributed by atoms with E-state index >= 15 is 0 Å². The highest BCUT2D eigenvalue weighted by molar-refractivity contribution is 7.96. The van der Waals surface area contributed by atoms with E-state index in [1.54, 1.807) is 4.90 Å². The van der Waals surface area contributed by atoms with Crippen molar-refractivity contribution in [3.63, 3.8) is 0 Å². The summed E-state index contributed by atoms with van der Waals surface area (Å²) in [7, 11) is 0. The van der Waals surface area contributed by atoms with Gasteiger partial charge in [-0.05, 0) is 25.7 Å². The number of rotatable bonds is 2. The van der Waals surface area contributed by atoms with Crippen molar-refractivity contribution >= 4 is 23.8 Å². The quantitative estimate of drug-likeness (QED) is 0.742. The van der Waals surface area contributed by atoms with E-state index in [4.69, 9.17) is 0 Å². The Morgan fingerprint density at radius 2 is 1.76 bits per heavy atom. The molecule has 1 heterocycles. The van der Waals surface area contributed by atoms with E-state index in [0.717, 1.165) is 25.7 Å². The molecular weight excluding hydrogens is 236 g/mol. The molecule has 1 aliphatic heterocycles. The van der Waals surface area contributed by atoms with E-state index in [1.165, 1.54) is 19.3 Å². The number of nitrogens with zero attached hydrogens (tertiary/aromatic N) is 1. The lowest BCUT2D eigenvalue weighted by Gasteiger charge is -2.28. The molecule has 2 aliphatic rings. The van der Waals surface area contributed by atoms with Crippen LogP contribution in [0, 0.1) is 0 Å². The van der Waals surface area contributed by atoms with Gasteiger partial charge in [0.25, 0.3) is 0 Å². The van der Waals surface area contributed by atoms with Crippen molar-refractivity contribution in [1.29, 1.82) is 0 Å². The molecule has 5 heteroatoms. The van der Waals surface area contributed by atoms with E-state index in [2.05, 4.69) is 17.9 Å². The number of hydrogen-bond acceptors (Lipinski definition) is 2. The minimum absolute atomic E-state index is 0.0817. The summed E-state index contributed by atoms with van der Waals surface area (Å²) in [5.74, 6) is 0. The van der Waals surface area contributed by atoms with Crippen molar-refractivity contribution in [2.45, 2.75) is 57.0 Å². The van der Waals surface area contributed by atoms with Gasteiger partial charge in [0.05, 0.1) is 0 Å². The Morgan fingerprint density at radius 3 is 2.41 bits per heavy atom. The number of amides is 2. The van der Waals surface area contributed by atoms with Crippen LogP contribution >= 0.6 is 12.6 Å². The van der Waals surface area contributed by atoms with E-state index in [9.17, 15) is 9.59 Å². The maximum absolute atomic E-state index is 12.1. The largest absolute Gasteiger partial charge is 0.335 e. The van der Waals surface area contributed by atoms with Crippen LogP contribution in [0.4, 0.5) is 4.79 Å². The summed E-state index contributed by atoms with van der Waals surface area (Å²) in [4.78, 5) is 25.0. The number of thiol groups is 1. The van der Waals surface area contributed by atoms with E-state index in [0.29, 0.717) is 12.6 Å². The highest BCUT2D eigenvalue weighted by Gasteiger charge is 2.33. The van der Waals surface area contributed by atoms with Gasteiger partial charge in [0.15, 0.2) is 0 Å². The fourth-order valence-corrected chi connectivity index (χ4v) is 3.04. The second-order valence-electron chi connectivity index (χ2n) is 4.97. The number of nitrogens with one attached hydrogen (secondary N) is 1. The van der Waals surface area contributed by atoms with Gasteiger partial charge in [-0.2, -0.15) is 0 Å². The smallest absolute Gasteiger partial charge is 0.318 e. The second kappa shape index (κ2) is 5.76. The molecule has 96 valence electrons. The summed E-state index contributed by atoms with van der Waals surface area (Å²) in [6.07, 6.45) is 7.45. The zero-order chi connectivity index (χ0) is 12.3. The Bertz CT molecular complexity index is 303. The molecule has 2 amide bonds. The summed E-state index contributed by atoms with van der Waals surface area (Å²) in [6, 6.07) is -0.101. The lowest BCUT2D eigenvalue weighted by Crippen LogP contribution is -2.48. The summed E-state index contributed by atoms with van der Waals surface area (Å²) in [5, 5.41) is 2.85. The monoisotopic (exact) mass is 256 g/mol. The molecule has 0 spiro atoms. The van der Waals surface area contributed by atoms with Crippen LogP contribution in [-0.4, -0.2) is 34.7 Å². The summed E-state index contributed by atoms with van der Waals surface area (Å²) >= 11 is 3.85. The first kappa shape index (κ1) is 12.7. The van der Waals surface area contributed by atoms with Crippen LogP contribution in [0.5, 0.6) is 0 Å². The SMILES string of the molecule is O=C(S)C1CCCN1C(=O)NC1CCCCC1. The van der Waals surface area contributed by atoms with Crippen molar-refractivity contribution < 1.29 is 9.59 Å². The molecule has 1 saturated heterocycles. The van der Waals surface area contributed by atoms with Gasteiger partial charge in [0.2, 0.25) is 5.12 Å². The fraction of sp³-hybridized carbons (Fsp3) is 0.833. The van der Waals surface area contributed by atoms with Gasteiger partial charge < -0.3 is 10.2 Å². The molecule has 2 fully saturated rings. The number of carbonyl (C=O) groups is 2. The van der Waals surface area contributed by atoms with Crippen molar-refractivity contribution in [3.05, 3.63) is 0 Å². The average molecular weight is 256 g/mol. The number of urea groups is 1. The Hall–Kier alpha value is -0.710. The van der Waals surface area contributed by atoms with Gasteiger partial charge in [-0.15, -0.1) is 12.6 Å². The number of likely N-dealkylation sites (tertiary alicyclic amines) is 1. The average Bonchev–Trinajstić information content (AvgIpc) is 2.79. The Morgan fingerprint density at radius 1 is 1.06 bits per heavy atom. The third-order valence-electron chi connectivity index (χ3n) is 3.73. The lowest BCUT2D eigenvalue weighted by molar-refractivity contribution is -0.114. The first-order chi connectivity index (χ1) is 8.18. The Labute approximate surface area is 108 Å². The van der Waals surface area contributed by atoms with Crippen LogP contribution in [0.2, 0.25) is 0 Å². The molecule has 0 radical (unpaired) electrons. The van der Waals surface area contributed by atoms with Crippen LogP contribution in [0.1, 0.15) is 44.9 Å². The molecule has 17 heavy (non-hydrogen) atoms. The molecule has 1 unspecified atom stereocenters. The van der Waals surface area contributed by atoms with Gasteiger partial charge in [0.1, 0.15) is 6.04 Å². The van der Waals surface area contributed by atoms with Crippen molar-refractivity contribution in [1.82, 2.24) is 10.2 Å². The van der Waals surface area contributed by atoms with Gasteiger partial charge in [0, 0.05) is 12.6 Å². The summed E-state index contributed by atoms with van der Waals surface area (Å²) in [5.41, 5.74) is 0. The van der Waals surface area contributed by atoms with Crippen molar-refractivity contribution in [2.24, 2.45) is 0 Å². The fourth-order valence-electron chi connectivity index (χ4n) is 2.77. The number of carbonyl (C=O) groups excluding carboxylic acids is 2. The van der Waals surface area contributed by atoms with E-state index in [1.807, 2.05) is 0 Å². The van der Waals surface area contributed by atoms with Gasteiger partial charge in [-0.1, -0.05) is 19.3 Å². The van der Waals surface area contributed by atoms with Crippen LogP contribution in [0.3, 0.4) is 0 Å².